The molecule has 4 saturated carbocycles. The minimum Gasteiger partial charge on any atom is -0.299 e. The first-order valence-electron chi connectivity index (χ1n) is 14.5. The Labute approximate surface area is 226 Å². The molecule has 5 aliphatic carbocycles. The first kappa shape index (κ1) is 27.1. The molecule has 5 aliphatic rings. The highest BCUT2D eigenvalue weighted by atomic mass is 16.2. The molecule has 7 nitrogen and oxygen atoms in total. The van der Waals surface area contributed by atoms with Gasteiger partial charge in [0.2, 0.25) is 11.8 Å². The van der Waals surface area contributed by atoms with E-state index in [1.807, 2.05) is 13.0 Å². The van der Waals surface area contributed by atoms with Crippen molar-refractivity contribution in [3.05, 3.63) is 11.6 Å². The zero-order valence-corrected chi connectivity index (χ0v) is 23.8. The van der Waals surface area contributed by atoms with Crippen LogP contribution in [0.5, 0.6) is 0 Å². The molecule has 0 bridgehead atoms. The Morgan fingerprint density at radius 3 is 2.32 bits per heavy atom. The molecule has 9 unspecified atom stereocenters. The molecule has 0 radical (unpaired) electrons. The number of fused-ring (bicyclic) bond motifs is 7. The molecule has 0 aromatic rings. The number of ketones is 2. The number of hydrazine groups is 1. The van der Waals surface area contributed by atoms with E-state index in [1.54, 1.807) is 0 Å². The van der Waals surface area contributed by atoms with Gasteiger partial charge in [0, 0.05) is 25.2 Å². The van der Waals surface area contributed by atoms with Crippen LogP contribution in [0.3, 0.4) is 0 Å². The molecule has 0 heterocycles. The van der Waals surface area contributed by atoms with Crippen molar-refractivity contribution in [3.8, 4) is 6.07 Å². The smallest absolute Gasteiger partial charge is 0.244 e. The van der Waals surface area contributed by atoms with Crippen LogP contribution in [0.1, 0.15) is 92.9 Å². The quantitative estimate of drug-likeness (QED) is 0.486. The second kappa shape index (κ2) is 8.76. The van der Waals surface area contributed by atoms with Crippen molar-refractivity contribution in [3.63, 3.8) is 0 Å². The molecule has 5 rings (SSSR count). The summed E-state index contributed by atoms with van der Waals surface area (Å²) in [6.45, 7) is 12.4. The fourth-order valence-corrected chi connectivity index (χ4v) is 10.2. The van der Waals surface area contributed by atoms with E-state index >= 15 is 0 Å². The minimum absolute atomic E-state index is 0.0373. The SMILES string of the molecule is CC(=O)NNC(=O)C12CCC3C(C(=O)CC4C5(C)C=C(C#N)C(=O)C(C)C5CCC34C)C1CC(C)(C)CC2. The summed E-state index contributed by atoms with van der Waals surface area (Å²) < 4.78 is 0. The lowest BCUT2D eigenvalue weighted by Gasteiger charge is -2.67. The highest BCUT2D eigenvalue weighted by Crippen LogP contribution is 2.70. The number of carbonyl (C=O) groups is 4. The summed E-state index contributed by atoms with van der Waals surface area (Å²) in [5, 5.41) is 9.75. The second-order valence-electron chi connectivity index (χ2n) is 14.5. The summed E-state index contributed by atoms with van der Waals surface area (Å²) in [6.07, 6.45) is 8.19. The zero-order chi connectivity index (χ0) is 27.8. The van der Waals surface area contributed by atoms with Gasteiger partial charge in [-0.3, -0.25) is 30.0 Å². The number of nitrogens with zero attached hydrogens (tertiary/aromatic N) is 1. The van der Waals surface area contributed by atoms with Crippen molar-refractivity contribution >= 4 is 23.4 Å². The number of carbonyl (C=O) groups excluding carboxylic acids is 4. The number of nitriles is 1. The monoisotopic (exact) mass is 521 g/mol. The van der Waals surface area contributed by atoms with E-state index in [9.17, 15) is 24.4 Å². The molecule has 0 saturated heterocycles. The van der Waals surface area contributed by atoms with Crippen LogP contribution in [-0.2, 0) is 19.2 Å². The predicted molar refractivity (Wildman–Crippen MR) is 142 cm³/mol. The first-order chi connectivity index (χ1) is 17.7. The Kier molecular flexibility index (Phi) is 6.25. The van der Waals surface area contributed by atoms with Gasteiger partial charge in [-0.25, -0.2) is 0 Å². The van der Waals surface area contributed by atoms with Gasteiger partial charge in [-0.05, 0) is 84.9 Å². The minimum atomic E-state index is -0.654. The maximum atomic E-state index is 14.3. The van der Waals surface area contributed by atoms with E-state index in [-0.39, 0.29) is 80.7 Å². The largest absolute Gasteiger partial charge is 0.299 e. The third-order valence-corrected chi connectivity index (χ3v) is 12.1. The van der Waals surface area contributed by atoms with E-state index in [2.05, 4.69) is 44.6 Å². The Morgan fingerprint density at radius 2 is 1.66 bits per heavy atom. The van der Waals surface area contributed by atoms with Gasteiger partial charge in [-0.2, -0.15) is 5.26 Å². The number of amides is 2. The van der Waals surface area contributed by atoms with Gasteiger partial charge < -0.3 is 0 Å². The van der Waals surface area contributed by atoms with Crippen LogP contribution in [0.2, 0.25) is 0 Å². The van der Waals surface area contributed by atoms with Crippen LogP contribution in [0.4, 0.5) is 0 Å². The van der Waals surface area contributed by atoms with Crippen molar-refractivity contribution in [2.24, 2.45) is 57.2 Å². The van der Waals surface area contributed by atoms with Crippen LogP contribution in [0.25, 0.3) is 0 Å². The predicted octanol–water partition coefficient (Wildman–Crippen LogP) is 4.67. The summed E-state index contributed by atoms with van der Waals surface area (Å²) in [5.41, 5.74) is 4.33. The fourth-order valence-electron chi connectivity index (χ4n) is 10.2. The number of nitrogens with one attached hydrogen (secondary N) is 2. The summed E-state index contributed by atoms with van der Waals surface area (Å²) in [6, 6.07) is 2.15. The highest BCUT2D eigenvalue weighted by molar-refractivity contribution is 6.02. The third-order valence-electron chi connectivity index (χ3n) is 12.1. The number of hydrogen-bond donors (Lipinski definition) is 2. The lowest BCUT2D eigenvalue weighted by Crippen LogP contribution is -2.66. The molecule has 7 heteroatoms. The van der Waals surface area contributed by atoms with E-state index < -0.39 is 5.41 Å². The van der Waals surface area contributed by atoms with Crippen LogP contribution in [0, 0.1) is 68.5 Å². The normalized spacial score (nSPS) is 45.2. The van der Waals surface area contributed by atoms with Gasteiger partial charge in [-0.15, -0.1) is 0 Å². The van der Waals surface area contributed by atoms with Crippen molar-refractivity contribution in [2.75, 3.05) is 0 Å². The van der Waals surface area contributed by atoms with Gasteiger partial charge >= 0.3 is 0 Å². The Hall–Kier alpha value is -2.49. The molecule has 0 spiro atoms. The molecule has 0 aromatic carbocycles. The van der Waals surface area contributed by atoms with Crippen molar-refractivity contribution < 1.29 is 19.2 Å². The maximum absolute atomic E-state index is 14.3. The molecular weight excluding hydrogens is 478 g/mol. The summed E-state index contributed by atoms with van der Waals surface area (Å²) in [7, 11) is 0. The van der Waals surface area contributed by atoms with Gasteiger partial charge in [0.1, 0.15) is 11.9 Å². The number of allylic oxidation sites excluding steroid dienone is 2. The summed E-state index contributed by atoms with van der Waals surface area (Å²) >= 11 is 0. The Morgan fingerprint density at radius 1 is 0.974 bits per heavy atom. The van der Waals surface area contributed by atoms with E-state index in [1.165, 1.54) is 6.92 Å². The average Bonchev–Trinajstić information content (AvgIpc) is 2.85. The maximum Gasteiger partial charge on any atom is 0.244 e. The first-order valence-corrected chi connectivity index (χ1v) is 14.5. The van der Waals surface area contributed by atoms with Gasteiger partial charge in [0.25, 0.3) is 0 Å². The Balaban J connectivity index is 1.55. The molecule has 4 fully saturated rings. The van der Waals surface area contributed by atoms with Gasteiger partial charge in [0.15, 0.2) is 5.78 Å². The number of rotatable bonds is 1. The number of Topliss-reactive ketones (excluding diaryl/α,β-unsaturated/α-hetero) is 2. The molecule has 206 valence electrons. The van der Waals surface area contributed by atoms with Crippen molar-refractivity contribution in [1.29, 1.82) is 5.26 Å². The topological polar surface area (TPSA) is 116 Å². The highest BCUT2D eigenvalue weighted by Gasteiger charge is 2.68. The zero-order valence-electron chi connectivity index (χ0n) is 23.8. The lowest BCUT2D eigenvalue weighted by molar-refractivity contribution is -0.189. The standard InChI is InChI=1S/C31H43N3O4/c1-17-20-7-9-29(5)21-8-10-31(27(38)34-33-18(2)35)12-11-28(3,4)15-22(31)25(21)23(36)13-24(29)30(20,6)14-19(16-32)26(17)37/h14,17,20-22,24-25H,7-13,15H2,1-6H3,(H,33,35)(H,34,38). The van der Waals surface area contributed by atoms with E-state index in [0.29, 0.717) is 12.8 Å². The summed E-state index contributed by atoms with van der Waals surface area (Å²) in [4.78, 5) is 52.4. The molecule has 9 atom stereocenters. The fraction of sp³-hybridized carbons (Fsp3) is 0.774. The number of hydrogen-bond acceptors (Lipinski definition) is 5. The molecule has 38 heavy (non-hydrogen) atoms. The average molecular weight is 522 g/mol. The molecule has 0 aromatic heterocycles. The molecule has 2 N–H and O–H groups in total. The van der Waals surface area contributed by atoms with Crippen LogP contribution in [-0.4, -0.2) is 23.4 Å². The van der Waals surface area contributed by atoms with Crippen LogP contribution >= 0.6 is 0 Å². The van der Waals surface area contributed by atoms with Crippen LogP contribution in [0.15, 0.2) is 11.6 Å². The van der Waals surface area contributed by atoms with Crippen molar-refractivity contribution in [1.82, 2.24) is 10.9 Å². The van der Waals surface area contributed by atoms with Gasteiger partial charge in [0.05, 0.1) is 11.0 Å². The second-order valence-corrected chi connectivity index (χ2v) is 14.5. The molecular formula is C31H43N3O4. The lowest BCUT2D eigenvalue weighted by atomic mass is 9.36. The van der Waals surface area contributed by atoms with Crippen LogP contribution < -0.4 is 10.9 Å². The van der Waals surface area contributed by atoms with Crippen molar-refractivity contribution in [2.45, 2.75) is 92.9 Å². The Bertz CT molecular complexity index is 1170. The third kappa shape index (κ3) is 3.72. The molecule has 0 aliphatic heterocycles. The summed E-state index contributed by atoms with van der Waals surface area (Å²) in [5.74, 6) is -0.370. The van der Waals surface area contributed by atoms with E-state index in [4.69, 9.17) is 0 Å². The van der Waals surface area contributed by atoms with Gasteiger partial charge in [-0.1, -0.05) is 40.7 Å². The van der Waals surface area contributed by atoms with E-state index in [0.717, 1.165) is 38.5 Å². The molecule has 2 amide bonds.